The van der Waals surface area contributed by atoms with Gasteiger partial charge in [-0.15, -0.1) is 17.8 Å². The number of nitrogens with zero attached hydrogens (tertiary/aromatic N) is 1. The molecule has 6 heteroatoms. The van der Waals surface area contributed by atoms with Crippen molar-refractivity contribution in [1.82, 2.24) is 10.3 Å². The number of benzene rings is 1. The van der Waals surface area contributed by atoms with E-state index in [0.29, 0.717) is 10.8 Å². The summed E-state index contributed by atoms with van der Waals surface area (Å²) in [6.45, 7) is 4.03. The average Bonchev–Trinajstić information content (AvgIpc) is 3.01. The maximum absolute atomic E-state index is 11.6. The van der Waals surface area contributed by atoms with Crippen LogP contribution in [0, 0.1) is 19.3 Å². The van der Waals surface area contributed by atoms with Gasteiger partial charge in [-0.1, -0.05) is 35.7 Å². The molecule has 0 bridgehead atoms. The number of aryl methyl sites for hydroxylation is 1. The predicted octanol–water partition coefficient (Wildman–Crippen LogP) is 2.50. The van der Waals surface area contributed by atoms with Crippen LogP contribution in [-0.4, -0.2) is 29.3 Å². The van der Waals surface area contributed by atoms with Crippen LogP contribution >= 0.6 is 11.3 Å². The van der Waals surface area contributed by atoms with E-state index in [2.05, 4.69) is 21.5 Å². The van der Waals surface area contributed by atoms with Crippen LogP contribution in [0.1, 0.15) is 23.7 Å². The van der Waals surface area contributed by atoms with Gasteiger partial charge in [0.2, 0.25) is 0 Å². The normalized spacial score (nSPS) is 13.0. The second kappa shape index (κ2) is 7.27. The van der Waals surface area contributed by atoms with Crippen molar-refractivity contribution in [3.8, 4) is 12.3 Å². The lowest BCUT2D eigenvalue weighted by molar-refractivity contribution is 0.245. The molecule has 0 aliphatic carbocycles. The van der Waals surface area contributed by atoms with Gasteiger partial charge in [-0.2, -0.15) is 0 Å². The number of hydrogen-bond acceptors (Lipinski definition) is 4. The molecule has 5 nitrogen and oxygen atoms in total. The Labute approximate surface area is 139 Å². The van der Waals surface area contributed by atoms with Crippen molar-refractivity contribution in [3.05, 3.63) is 46.5 Å². The van der Waals surface area contributed by atoms with Gasteiger partial charge in [0.15, 0.2) is 5.13 Å². The van der Waals surface area contributed by atoms with E-state index in [-0.39, 0.29) is 13.2 Å². The van der Waals surface area contributed by atoms with Gasteiger partial charge < -0.3 is 10.4 Å². The largest absolute Gasteiger partial charge is 0.395 e. The first kappa shape index (κ1) is 17.0. The molecule has 0 saturated carbocycles. The molecule has 1 aromatic carbocycles. The Kier molecular flexibility index (Phi) is 5.37. The Bertz CT molecular complexity index is 718. The molecule has 1 atom stereocenters. The van der Waals surface area contributed by atoms with Crippen molar-refractivity contribution >= 4 is 22.5 Å². The van der Waals surface area contributed by atoms with E-state index < -0.39 is 11.4 Å². The molecular formula is C17H19N3O2S. The van der Waals surface area contributed by atoms with Gasteiger partial charge >= 0.3 is 6.03 Å². The summed E-state index contributed by atoms with van der Waals surface area (Å²) in [6, 6.07) is 7.61. The lowest BCUT2D eigenvalue weighted by atomic mass is 9.80. The van der Waals surface area contributed by atoms with Gasteiger partial charge in [0.1, 0.15) is 0 Å². The third-order valence-electron chi connectivity index (χ3n) is 3.55. The highest BCUT2D eigenvalue weighted by Crippen LogP contribution is 2.33. The highest BCUT2D eigenvalue weighted by molar-refractivity contribution is 7.14. The summed E-state index contributed by atoms with van der Waals surface area (Å²) < 4.78 is 0. The second-order valence-electron chi connectivity index (χ2n) is 5.28. The number of carbonyl (C=O) groups excluding carboxylic acids is 1. The number of urea groups is 1. The Morgan fingerprint density at radius 3 is 2.74 bits per heavy atom. The summed E-state index contributed by atoms with van der Waals surface area (Å²) in [4.78, 5) is 16.0. The lowest BCUT2D eigenvalue weighted by Crippen LogP contribution is -2.31. The van der Waals surface area contributed by atoms with Gasteiger partial charge in [-0.3, -0.25) is 5.32 Å². The quantitative estimate of drug-likeness (QED) is 0.738. The standard InChI is InChI=1S/C17H19N3O2S/c1-4-17(3,13-7-5-12(2)6-8-13)14-11-23-16(19-14)20-15(22)18-9-10-21/h1,5-8,11,21H,9-10H2,2-3H3,(H2,18,19,20,22). The number of rotatable bonds is 5. The third kappa shape index (κ3) is 3.89. The zero-order valence-electron chi connectivity index (χ0n) is 13.1. The number of aliphatic hydroxyl groups excluding tert-OH is 1. The van der Waals surface area contributed by atoms with E-state index in [9.17, 15) is 4.79 Å². The summed E-state index contributed by atoms with van der Waals surface area (Å²) in [5.41, 5.74) is 2.19. The molecule has 0 saturated heterocycles. The number of thiazole rings is 1. The topological polar surface area (TPSA) is 74.2 Å². The van der Waals surface area contributed by atoms with Crippen molar-refractivity contribution in [1.29, 1.82) is 0 Å². The predicted molar refractivity (Wildman–Crippen MR) is 92.7 cm³/mol. The molecule has 1 aromatic heterocycles. The van der Waals surface area contributed by atoms with E-state index in [1.165, 1.54) is 11.3 Å². The number of terminal acetylenes is 1. The summed E-state index contributed by atoms with van der Waals surface area (Å²) in [5.74, 6) is 2.81. The molecule has 2 rings (SSSR count). The zero-order valence-corrected chi connectivity index (χ0v) is 13.9. The molecule has 0 radical (unpaired) electrons. The lowest BCUT2D eigenvalue weighted by Gasteiger charge is -2.22. The van der Waals surface area contributed by atoms with Crippen LogP contribution in [0.25, 0.3) is 0 Å². The van der Waals surface area contributed by atoms with Crippen LogP contribution in [0.15, 0.2) is 29.6 Å². The number of aromatic nitrogens is 1. The molecule has 120 valence electrons. The summed E-state index contributed by atoms with van der Waals surface area (Å²) >= 11 is 1.31. The second-order valence-corrected chi connectivity index (χ2v) is 6.14. The first-order valence-corrected chi connectivity index (χ1v) is 8.04. The number of carbonyl (C=O) groups is 1. The van der Waals surface area contributed by atoms with Gasteiger partial charge in [-0.05, 0) is 19.4 Å². The SMILES string of the molecule is C#CC(C)(c1ccc(C)cc1)c1csc(NC(=O)NCCO)n1. The Hall–Kier alpha value is -2.36. The Balaban J connectivity index is 2.21. The van der Waals surface area contributed by atoms with Gasteiger partial charge in [-0.25, -0.2) is 9.78 Å². The van der Waals surface area contributed by atoms with E-state index in [0.717, 1.165) is 11.1 Å². The molecule has 2 aromatic rings. The van der Waals surface area contributed by atoms with Crippen molar-refractivity contribution in [3.63, 3.8) is 0 Å². The highest BCUT2D eigenvalue weighted by Gasteiger charge is 2.29. The first-order chi connectivity index (χ1) is 11.0. The first-order valence-electron chi connectivity index (χ1n) is 7.16. The fourth-order valence-electron chi connectivity index (χ4n) is 2.06. The minimum absolute atomic E-state index is 0.112. The smallest absolute Gasteiger partial charge is 0.321 e. The van der Waals surface area contributed by atoms with Crippen LogP contribution < -0.4 is 10.6 Å². The van der Waals surface area contributed by atoms with Gasteiger partial charge in [0.05, 0.1) is 17.7 Å². The minimum atomic E-state index is -0.661. The molecule has 0 spiro atoms. The molecule has 0 aliphatic heterocycles. The molecule has 23 heavy (non-hydrogen) atoms. The Morgan fingerprint density at radius 1 is 1.43 bits per heavy atom. The fraction of sp³-hybridized carbons (Fsp3) is 0.294. The summed E-state index contributed by atoms with van der Waals surface area (Å²) in [7, 11) is 0. The van der Waals surface area contributed by atoms with Gasteiger partial charge in [0.25, 0.3) is 0 Å². The molecular weight excluding hydrogens is 310 g/mol. The van der Waals surface area contributed by atoms with Gasteiger partial charge in [0, 0.05) is 11.9 Å². The van der Waals surface area contributed by atoms with E-state index in [1.54, 1.807) is 0 Å². The number of aliphatic hydroxyl groups is 1. The van der Waals surface area contributed by atoms with Crippen LogP contribution in [0.3, 0.4) is 0 Å². The van der Waals surface area contributed by atoms with Crippen LogP contribution in [0.5, 0.6) is 0 Å². The molecule has 0 aliphatic rings. The van der Waals surface area contributed by atoms with Crippen molar-refractivity contribution in [2.24, 2.45) is 0 Å². The minimum Gasteiger partial charge on any atom is -0.395 e. The van der Waals surface area contributed by atoms with Crippen molar-refractivity contribution in [2.75, 3.05) is 18.5 Å². The van der Waals surface area contributed by atoms with E-state index in [1.807, 2.05) is 43.5 Å². The summed E-state index contributed by atoms with van der Waals surface area (Å²) in [5, 5.41) is 16.1. The number of amides is 2. The van der Waals surface area contributed by atoms with Crippen molar-refractivity contribution < 1.29 is 9.90 Å². The molecule has 3 N–H and O–H groups in total. The summed E-state index contributed by atoms with van der Waals surface area (Å²) in [6.07, 6.45) is 5.77. The van der Waals surface area contributed by atoms with Crippen LogP contribution in [-0.2, 0) is 5.41 Å². The molecule has 1 heterocycles. The highest BCUT2D eigenvalue weighted by atomic mass is 32.1. The zero-order chi connectivity index (χ0) is 16.9. The average molecular weight is 329 g/mol. The van der Waals surface area contributed by atoms with E-state index >= 15 is 0 Å². The van der Waals surface area contributed by atoms with Crippen LogP contribution in [0.2, 0.25) is 0 Å². The number of hydrogen-bond donors (Lipinski definition) is 3. The third-order valence-corrected chi connectivity index (χ3v) is 4.31. The molecule has 2 amide bonds. The fourth-order valence-corrected chi connectivity index (χ4v) is 2.88. The Morgan fingerprint density at radius 2 is 2.13 bits per heavy atom. The number of nitrogens with one attached hydrogen (secondary N) is 2. The maximum atomic E-state index is 11.6. The van der Waals surface area contributed by atoms with E-state index in [4.69, 9.17) is 11.5 Å². The number of anilines is 1. The van der Waals surface area contributed by atoms with Crippen molar-refractivity contribution in [2.45, 2.75) is 19.3 Å². The molecule has 1 unspecified atom stereocenters. The monoisotopic (exact) mass is 329 g/mol. The van der Waals surface area contributed by atoms with Crippen LogP contribution in [0.4, 0.5) is 9.93 Å². The molecule has 0 fully saturated rings. The maximum Gasteiger partial charge on any atom is 0.321 e.